The van der Waals surface area contributed by atoms with Crippen LogP contribution in [0.3, 0.4) is 0 Å². The Kier molecular flexibility index (Phi) is 5.21. The maximum Gasteiger partial charge on any atom is 0.268 e. The maximum atomic E-state index is 12.9. The molecular formula is C20H21FN2O3. The van der Waals surface area contributed by atoms with Crippen molar-refractivity contribution in [1.82, 2.24) is 5.32 Å². The van der Waals surface area contributed by atoms with Crippen molar-refractivity contribution in [1.29, 1.82) is 0 Å². The third-order valence-corrected chi connectivity index (χ3v) is 4.29. The molecule has 1 N–H and O–H groups in total. The molecule has 136 valence electrons. The van der Waals surface area contributed by atoms with Gasteiger partial charge in [-0.05, 0) is 48.7 Å². The quantitative estimate of drug-likeness (QED) is 0.896. The highest BCUT2D eigenvalue weighted by molar-refractivity contribution is 6.03. The number of hydrogen-bond acceptors (Lipinski definition) is 3. The fourth-order valence-corrected chi connectivity index (χ4v) is 2.86. The second-order valence-corrected chi connectivity index (χ2v) is 6.31. The van der Waals surface area contributed by atoms with Gasteiger partial charge in [-0.3, -0.25) is 14.5 Å². The summed E-state index contributed by atoms with van der Waals surface area (Å²) in [6.07, 6.45) is -0.0602. The first-order chi connectivity index (χ1) is 12.5. The minimum atomic E-state index is -0.588. The second kappa shape index (κ2) is 7.56. The van der Waals surface area contributed by atoms with Gasteiger partial charge < -0.3 is 10.1 Å². The lowest BCUT2D eigenvalue weighted by molar-refractivity contribution is -0.129. The van der Waals surface area contributed by atoms with Crippen molar-refractivity contribution in [3.8, 4) is 5.75 Å². The van der Waals surface area contributed by atoms with E-state index < -0.39 is 6.10 Å². The molecule has 6 heteroatoms. The topological polar surface area (TPSA) is 58.6 Å². The second-order valence-electron chi connectivity index (χ2n) is 6.31. The first kappa shape index (κ1) is 17.9. The van der Waals surface area contributed by atoms with Gasteiger partial charge in [0.2, 0.25) is 5.91 Å². The number of carbonyl (C=O) groups is 2. The van der Waals surface area contributed by atoms with Gasteiger partial charge in [0.15, 0.2) is 6.10 Å². The number of rotatable bonds is 5. The lowest BCUT2D eigenvalue weighted by Gasteiger charge is -2.33. The molecule has 1 heterocycles. The van der Waals surface area contributed by atoms with E-state index in [9.17, 15) is 14.0 Å². The Hall–Kier alpha value is -2.89. The van der Waals surface area contributed by atoms with Crippen LogP contribution in [0.15, 0.2) is 42.5 Å². The monoisotopic (exact) mass is 356 g/mol. The van der Waals surface area contributed by atoms with E-state index in [-0.39, 0.29) is 30.7 Å². The third-order valence-electron chi connectivity index (χ3n) is 4.29. The fraction of sp³-hybridized carbons (Fsp3) is 0.300. The normalized spacial score (nSPS) is 16.0. The summed E-state index contributed by atoms with van der Waals surface area (Å²) < 4.78 is 18.7. The van der Waals surface area contributed by atoms with Crippen LogP contribution < -0.4 is 15.0 Å². The molecule has 0 spiro atoms. The number of amides is 2. The zero-order chi connectivity index (χ0) is 18.7. The number of halogens is 1. The Labute approximate surface area is 151 Å². The van der Waals surface area contributed by atoms with Crippen LogP contribution in [0, 0.1) is 12.7 Å². The van der Waals surface area contributed by atoms with Gasteiger partial charge in [0.25, 0.3) is 5.91 Å². The molecule has 0 unspecified atom stereocenters. The summed E-state index contributed by atoms with van der Waals surface area (Å²) in [6, 6.07) is 11.5. The molecule has 1 aliphatic rings. The van der Waals surface area contributed by atoms with Gasteiger partial charge in [0.1, 0.15) is 18.1 Å². The first-order valence-corrected chi connectivity index (χ1v) is 8.57. The average Bonchev–Trinajstić information content (AvgIpc) is 2.63. The standard InChI is InChI=1S/C20H21FN2O3/c1-3-17-20(25)23(16-10-13(2)4-9-18(16)26-17)12-19(24)22-11-14-5-7-15(21)8-6-14/h4-10,17H,3,11-12H2,1-2H3,(H,22,24)/t17-/m1/s1. The molecule has 0 aliphatic carbocycles. The number of anilines is 1. The van der Waals surface area contributed by atoms with E-state index in [1.54, 1.807) is 12.1 Å². The average molecular weight is 356 g/mol. The van der Waals surface area contributed by atoms with Crippen LogP contribution in [0.2, 0.25) is 0 Å². The summed E-state index contributed by atoms with van der Waals surface area (Å²) in [5.41, 5.74) is 2.37. The number of fused-ring (bicyclic) bond motifs is 1. The van der Waals surface area contributed by atoms with Crippen molar-refractivity contribution in [3.63, 3.8) is 0 Å². The Morgan fingerprint density at radius 3 is 2.65 bits per heavy atom. The molecule has 2 amide bonds. The summed E-state index contributed by atoms with van der Waals surface area (Å²) >= 11 is 0. The highest BCUT2D eigenvalue weighted by atomic mass is 19.1. The fourth-order valence-electron chi connectivity index (χ4n) is 2.86. The van der Waals surface area contributed by atoms with Gasteiger partial charge in [-0.1, -0.05) is 25.1 Å². The Morgan fingerprint density at radius 1 is 1.23 bits per heavy atom. The van der Waals surface area contributed by atoms with E-state index in [4.69, 9.17) is 4.74 Å². The highest BCUT2D eigenvalue weighted by Gasteiger charge is 2.34. The van der Waals surface area contributed by atoms with E-state index in [1.807, 2.05) is 32.0 Å². The van der Waals surface area contributed by atoms with Crippen LogP contribution in [-0.4, -0.2) is 24.5 Å². The first-order valence-electron chi connectivity index (χ1n) is 8.57. The predicted octanol–water partition coefficient (Wildman–Crippen LogP) is 2.95. The third kappa shape index (κ3) is 3.85. The van der Waals surface area contributed by atoms with Crippen LogP contribution in [0.5, 0.6) is 5.75 Å². The molecular weight excluding hydrogens is 335 g/mol. The molecule has 5 nitrogen and oxygen atoms in total. The zero-order valence-electron chi connectivity index (χ0n) is 14.8. The van der Waals surface area contributed by atoms with E-state index in [0.29, 0.717) is 17.9 Å². The predicted molar refractivity (Wildman–Crippen MR) is 96.5 cm³/mol. The van der Waals surface area contributed by atoms with E-state index >= 15 is 0 Å². The number of benzene rings is 2. The molecule has 0 bridgehead atoms. The minimum Gasteiger partial charge on any atom is -0.478 e. The molecule has 1 aliphatic heterocycles. The number of aryl methyl sites for hydroxylation is 1. The summed E-state index contributed by atoms with van der Waals surface area (Å²) in [7, 11) is 0. The maximum absolute atomic E-state index is 12.9. The largest absolute Gasteiger partial charge is 0.478 e. The van der Waals surface area contributed by atoms with Gasteiger partial charge in [-0.2, -0.15) is 0 Å². The van der Waals surface area contributed by atoms with Crippen LogP contribution in [-0.2, 0) is 16.1 Å². The molecule has 0 saturated heterocycles. The minimum absolute atomic E-state index is 0.0870. The van der Waals surface area contributed by atoms with Crippen molar-refractivity contribution >= 4 is 17.5 Å². The van der Waals surface area contributed by atoms with Gasteiger partial charge in [-0.25, -0.2) is 4.39 Å². The lowest BCUT2D eigenvalue weighted by atomic mass is 10.1. The van der Waals surface area contributed by atoms with Gasteiger partial charge >= 0.3 is 0 Å². The summed E-state index contributed by atoms with van der Waals surface area (Å²) in [5.74, 6) is -0.223. The summed E-state index contributed by atoms with van der Waals surface area (Å²) in [6.45, 7) is 3.98. The van der Waals surface area contributed by atoms with Gasteiger partial charge in [0.05, 0.1) is 5.69 Å². The Morgan fingerprint density at radius 2 is 1.96 bits per heavy atom. The van der Waals surface area contributed by atoms with Crippen LogP contribution in [0.25, 0.3) is 0 Å². The Bertz CT molecular complexity index is 820. The smallest absolute Gasteiger partial charge is 0.268 e. The number of ether oxygens (including phenoxy) is 1. The summed E-state index contributed by atoms with van der Waals surface area (Å²) in [4.78, 5) is 26.5. The zero-order valence-corrected chi connectivity index (χ0v) is 14.8. The van der Waals surface area contributed by atoms with Crippen molar-refractivity contribution in [2.24, 2.45) is 0 Å². The van der Waals surface area contributed by atoms with E-state index in [1.165, 1.54) is 17.0 Å². The lowest BCUT2D eigenvalue weighted by Crippen LogP contribution is -2.49. The molecule has 2 aromatic rings. The summed E-state index contributed by atoms with van der Waals surface area (Å²) in [5, 5.41) is 2.77. The van der Waals surface area contributed by atoms with E-state index in [0.717, 1.165) is 11.1 Å². The van der Waals surface area contributed by atoms with Crippen LogP contribution in [0.1, 0.15) is 24.5 Å². The number of nitrogens with zero attached hydrogens (tertiary/aromatic N) is 1. The number of hydrogen-bond donors (Lipinski definition) is 1. The van der Waals surface area contributed by atoms with Gasteiger partial charge in [-0.15, -0.1) is 0 Å². The molecule has 0 aromatic heterocycles. The van der Waals surface area contributed by atoms with Crippen molar-refractivity contribution in [3.05, 3.63) is 59.4 Å². The number of nitrogens with one attached hydrogen (secondary N) is 1. The van der Waals surface area contributed by atoms with E-state index in [2.05, 4.69) is 5.32 Å². The number of carbonyl (C=O) groups excluding carboxylic acids is 2. The van der Waals surface area contributed by atoms with Gasteiger partial charge in [0, 0.05) is 6.54 Å². The molecule has 26 heavy (non-hydrogen) atoms. The molecule has 0 fully saturated rings. The van der Waals surface area contributed by atoms with Crippen molar-refractivity contribution in [2.75, 3.05) is 11.4 Å². The van der Waals surface area contributed by atoms with Crippen molar-refractivity contribution < 1.29 is 18.7 Å². The Balaban J connectivity index is 1.72. The molecule has 0 radical (unpaired) electrons. The van der Waals surface area contributed by atoms with Crippen LogP contribution >= 0.6 is 0 Å². The molecule has 2 aromatic carbocycles. The molecule has 1 atom stereocenters. The van der Waals surface area contributed by atoms with Crippen LogP contribution in [0.4, 0.5) is 10.1 Å². The van der Waals surface area contributed by atoms with Crippen molar-refractivity contribution in [2.45, 2.75) is 32.9 Å². The highest BCUT2D eigenvalue weighted by Crippen LogP contribution is 2.35. The SMILES string of the molecule is CC[C@H]1Oc2ccc(C)cc2N(CC(=O)NCc2ccc(F)cc2)C1=O. The molecule has 3 rings (SSSR count). The molecule has 0 saturated carbocycles.